The average Bonchev–Trinajstić information content (AvgIpc) is 3.57. The van der Waals surface area contributed by atoms with E-state index in [0.717, 1.165) is 24.0 Å². The van der Waals surface area contributed by atoms with E-state index >= 15 is 0 Å². The molecule has 30 heavy (non-hydrogen) atoms. The summed E-state index contributed by atoms with van der Waals surface area (Å²) in [6, 6.07) is 22.6. The van der Waals surface area contributed by atoms with Crippen LogP contribution in [0.25, 0.3) is 0 Å². The highest BCUT2D eigenvalue weighted by Gasteiger charge is 2.25. The van der Waals surface area contributed by atoms with Crippen LogP contribution in [0.4, 0.5) is 5.69 Å². The molecule has 0 aliphatic heterocycles. The number of nitrogens with one attached hydrogen (secondary N) is 2. The molecule has 152 valence electrons. The Balaban J connectivity index is 1.42. The molecule has 0 aromatic heterocycles. The number of benzene rings is 3. The van der Waals surface area contributed by atoms with Crippen molar-refractivity contribution >= 4 is 17.5 Å². The molecule has 0 bridgehead atoms. The molecule has 0 spiro atoms. The molecule has 2 N–H and O–H groups in total. The summed E-state index contributed by atoms with van der Waals surface area (Å²) in [5.41, 5.74) is 3.54. The summed E-state index contributed by atoms with van der Waals surface area (Å²) in [5, 5.41) is 5.85. The number of hydrogen-bond donors (Lipinski definition) is 2. The molecule has 0 radical (unpaired) electrons. The lowest BCUT2D eigenvalue weighted by molar-refractivity contribution is 0.0952. The molecular formula is C25H24N2O3. The van der Waals surface area contributed by atoms with Crippen molar-refractivity contribution in [1.82, 2.24) is 5.32 Å². The minimum atomic E-state index is -0.268. The molecule has 0 atom stereocenters. The van der Waals surface area contributed by atoms with Crippen LogP contribution in [0.15, 0.2) is 72.8 Å². The SMILES string of the molecule is Cc1ccc(C(=O)NC2CC2)c(NC(=O)c2ccc(OCc3ccccc3)cc2)c1. The maximum Gasteiger partial charge on any atom is 0.255 e. The molecule has 0 heterocycles. The predicted octanol–water partition coefficient (Wildman–Crippen LogP) is 4.72. The van der Waals surface area contributed by atoms with Gasteiger partial charge in [0.05, 0.1) is 11.3 Å². The topological polar surface area (TPSA) is 67.4 Å². The van der Waals surface area contributed by atoms with Crippen LogP contribution in [0.1, 0.15) is 44.7 Å². The van der Waals surface area contributed by atoms with Crippen molar-refractivity contribution in [2.24, 2.45) is 0 Å². The standard InChI is InChI=1S/C25H24N2O3/c1-17-7-14-22(25(29)26-20-10-11-20)23(15-17)27-24(28)19-8-12-21(13-9-19)30-16-18-5-3-2-4-6-18/h2-9,12-15,20H,10-11,16H2,1H3,(H,26,29)(H,27,28). The number of rotatable bonds is 7. The summed E-state index contributed by atoms with van der Waals surface area (Å²) in [4.78, 5) is 25.2. The van der Waals surface area contributed by atoms with Gasteiger partial charge in [0.15, 0.2) is 0 Å². The van der Waals surface area contributed by atoms with E-state index in [1.165, 1.54) is 0 Å². The summed E-state index contributed by atoms with van der Waals surface area (Å²) >= 11 is 0. The van der Waals surface area contributed by atoms with Gasteiger partial charge in [-0.3, -0.25) is 9.59 Å². The number of carbonyl (C=O) groups is 2. The normalized spacial score (nSPS) is 12.8. The summed E-state index contributed by atoms with van der Waals surface area (Å²) in [5.74, 6) is 0.267. The second-order valence-electron chi connectivity index (χ2n) is 7.55. The first-order valence-corrected chi connectivity index (χ1v) is 10.1. The van der Waals surface area contributed by atoms with E-state index in [4.69, 9.17) is 4.74 Å². The highest BCUT2D eigenvalue weighted by molar-refractivity contribution is 6.09. The fourth-order valence-electron chi connectivity index (χ4n) is 3.09. The van der Waals surface area contributed by atoms with E-state index in [9.17, 15) is 9.59 Å². The van der Waals surface area contributed by atoms with E-state index in [0.29, 0.717) is 29.2 Å². The van der Waals surface area contributed by atoms with Gasteiger partial charge in [-0.15, -0.1) is 0 Å². The molecule has 3 aromatic carbocycles. The number of amides is 2. The van der Waals surface area contributed by atoms with Gasteiger partial charge in [0, 0.05) is 11.6 Å². The summed E-state index contributed by atoms with van der Waals surface area (Å²) in [6.45, 7) is 2.40. The lowest BCUT2D eigenvalue weighted by atomic mass is 10.1. The van der Waals surface area contributed by atoms with E-state index in [2.05, 4.69) is 10.6 Å². The number of hydrogen-bond acceptors (Lipinski definition) is 3. The second-order valence-corrected chi connectivity index (χ2v) is 7.55. The third-order valence-electron chi connectivity index (χ3n) is 4.95. The first-order chi connectivity index (χ1) is 14.6. The quantitative estimate of drug-likeness (QED) is 0.603. The van der Waals surface area contributed by atoms with Crippen LogP contribution in [-0.2, 0) is 6.61 Å². The fourth-order valence-corrected chi connectivity index (χ4v) is 3.09. The van der Waals surface area contributed by atoms with Crippen molar-refractivity contribution in [2.45, 2.75) is 32.4 Å². The Morgan fingerprint density at radius 2 is 1.67 bits per heavy atom. The maximum absolute atomic E-state index is 12.7. The summed E-state index contributed by atoms with van der Waals surface area (Å²) < 4.78 is 5.77. The fraction of sp³-hybridized carbons (Fsp3) is 0.200. The molecule has 1 saturated carbocycles. The van der Waals surface area contributed by atoms with E-state index in [1.54, 1.807) is 30.3 Å². The molecule has 1 aliphatic rings. The van der Waals surface area contributed by atoms with Crippen LogP contribution in [0.3, 0.4) is 0 Å². The Bertz CT molecular complexity index is 1040. The lowest BCUT2D eigenvalue weighted by Crippen LogP contribution is -2.27. The van der Waals surface area contributed by atoms with Crippen LogP contribution >= 0.6 is 0 Å². The molecule has 2 amide bonds. The maximum atomic E-state index is 12.7. The van der Waals surface area contributed by atoms with Crippen molar-refractivity contribution in [3.63, 3.8) is 0 Å². The van der Waals surface area contributed by atoms with Crippen LogP contribution in [0, 0.1) is 6.92 Å². The smallest absolute Gasteiger partial charge is 0.255 e. The van der Waals surface area contributed by atoms with Gasteiger partial charge in [0.2, 0.25) is 0 Å². The first kappa shape index (κ1) is 19.7. The molecule has 5 heteroatoms. The largest absolute Gasteiger partial charge is 0.489 e. The molecule has 5 nitrogen and oxygen atoms in total. The zero-order chi connectivity index (χ0) is 20.9. The van der Waals surface area contributed by atoms with Crippen LogP contribution in [-0.4, -0.2) is 17.9 Å². The van der Waals surface area contributed by atoms with Crippen molar-refractivity contribution in [3.05, 3.63) is 95.1 Å². The van der Waals surface area contributed by atoms with Gasteiger partial charge >= 0.3 is 0 Å². The zero-order valence-corrected chi connectivity index (χ0v) is 16.9. The van der Waals surface area contributed by atoms with Crippen molar-refractivity contribution < 1.29 is 14.3 Å². The number of carbonyl (C=O) groups excluding carboxylic acids is 2. The molecule has 3 aromatic rings. The monoisotopic (exact) mass is 400 g/mol. The number of anilines is 1. The van der Waals surface area contributed by atoms with Crippen molar-refractivity contribution in [3.8, 4) is 5.75 Å². The van der Waals surface area contributed by atoms with Crippen molar-refractivity contribution in [2.75, 3.05) is 5.32 Å². The highest BCUT2D eigenvalue weighted by Crippen LogP contribution is 2.23. The minimum absolute atomic E-state index is 0.155. The van der Waals surface area contributed by atoms with Gasteiger partial charge in [-0.25, -0.2) is 0 Å². The summed E-state index contributed by atoms with van der Waals surface area (Å²) in [7, 11) is 0. The zero-order valence-electron chi connectivity index (χ0n) is 16.9. The summed E-state index contributed by atoms with van der Waals surface area (Å²) in [6.07, 6.45) is 2.02. The predicted molar refractivity (Wildman–Crippen MR) is 117 cm³/mol. The van der Waals surface area contributed by atoms with Gasteiger partial charge in [-0.1, -0.05) is 36.4 Å². The lowest BCUT2D eigenvalue weighted by Gasteiger charge is -2.13. The number of aryl methyl sites for hydroxylation is 1. The Hall–Kier alpha value is -3.60. The second kappa shape index (κ2) is 8.82. The van der Waals surface area contributed by atoms with Gasteiger partial charge in [0.25, 0.3) is 11.8 Å². The third kappa shape index (κ3) is 5.06. The Labute approximate surface area is 176 Å². The van der Waals surface area contributed by atoms with E-state index in [-0.39, 0.29) is 17.9 Å². The Morgan fingerprint density at radius 3 is 2.37 bits per heavy atom. The van der Waals surface area contributed by atoms with E-state index in [1.807, 2.05) is 49.4 Å². The number of ether oxygens (including phenoxy) is 1. The first-order valence-electron chi connectivity index (χ1n) is 10.1. The molecule has 1 fully saturated rings. The average molecular weight is 400 g/mol. The molecule has 0 saturated heterocycles. The van der Waals surface area contributed by atoms with Crippen LogP contribution < -0.4 is 15.4 Å². The molecule has 1 aliphatic carbocycles. The van der Waals surface area contributed by atoms with Gasteiger partial charge in [-0.2, -0.15) is 0 Å². The van der Waals surface area contributed by atoms with Gasteiger partial charge < -0.3 is 15.4 Å². The van der Waals surface area contributed by atoms with Crippen LogP contribution in [0.2, 0.25) is 0 Å². The molecule has 0 unspecified atom stereocenters. The Kier molecular flexibility index (Phi) is 5.80. The Morgan fingerprint density at radius 1 is 0.933 bits per heavy atom. The van der Waals surface area contributed by atoms with Gasteiger partial charge in [0.1, 0.15) is 12.4 Å². The molecule has 4 rings (SSSR count). The van der Waals surface area contributed by atoms with Crippen LogP contribution in [0.5, 0.6) is 5.75 Å². The highest BCUT2D eigenvalue weighted by atomic mass is 16.5. The molecular weight excluding hydrogens is 376 g/mol. The van der Waals surface area contributed by atoms with Gasteiger partial charge in [-0.05, 0) is 67.3 Å². The van der Waals surface area contributed by atoms with Crippen molar-refractivity contribution in [1.29, 1.82) is 0 Å². The minimum Gasteiger partial charge on any atom is -0.489 e. The third-order valence-corrected chi connectivity index (χ3v) is 4.95. The van der Waals surface area contributed by atoms with E-state index < -0.39 is 0 Å².